The number of carbonyl (C=O) groups is 2. The highest BCUT2D eigenvalue weighted by molar-refractivity contribution is 6.02. The highest BCUT2D eigenvalue weighted by Gasteiger charge is 2.47. The Bertz CT molecular complexity index is 956. The van der Waals surface area contributed by atoms with E-state index in [1.807, 2.05) is 12.1 Å². The molecule has 0 saturated carbocycles. The number of rotatable bonds is 4. The number of primary amides is 2. The van der Waals surface area contributed by atoms with Gasteiger partial charge in [-0.05, 0) is 124 Å². The second kappa shape index (κ2) is 8.34. The lowest BCUT2D eigenvalue weighted by Gasteiger charge is -2.55. The maximum absolute atomic E-state index is 13.1. The van der Waals surface area contributed by atoms with Crippen molar-refractivity contribution >= 4 is 11.8 Å². The summed E-state index contributed by atoms with van der Waals surface area (Å²) in [4.78, 5) is 30.6. The first kappa shape index (κ1) is 26.7. The number of nitrogens with two attached hydrogens (primary N) is 2. The molecule has 0 unspecified atom stereocenters. The van der Waals surface area contributed by atoms with Crippen molar-refractivity contribution in [3.63, 3.8) is 0 Å². The number of benzene rings is 1. The molecule has 2 saturated heterocycles. The predicted molar refractivity (Wildman–Crippen MR) is 139 cm³/mol. The van der Waals surface area contributed by atoms with Crippen LogP contribution in [0.25, 0.3) is 0 Å². The lowest BCUT2D eigenvalue weighted by Crippen LogP contribution is -2.58. The summed E-state index contributed by atoms with van der Waals surface area (Å²) in [5, 5.41) is 0. The monoisotopic (exact) mass is 470 g/mol. The minimum absolute atomic E-state index is 0.0124. The first-order valence-electron chi connectivity index (χ1n) is 12.6. The van der Waals surface area contributed by atoms with Crippen LogP contribution in [0.15, 0.2) is 12.1 Å². The van der Waals surface area contributed by atoms with Gasteiger partial charge in [0.15, 0.2) is 0 Å². The Morgan fingerprint density at radius 1 is 0.706 bits per heavy atom. The molecule has 1 aromatic rings. The Labute approximate surface area is 206 Å². The van der Waals surface area contributed by atoms with E-state index < -0.39 is 11.8 Å². The average molecular weight is 471 g/mol. The number of nitrogens with zero attached hydrogens (tertiary/aromatic N) is 2. The van der Waals surface area contributed by atoms with Crippen molar-refractivity contribution in [2.75, 3.05) is 14.1 Å². The van der Waals surface area contributed by atoms with Crippen LogP contribution >= 0.6 is 0 Å². The molecule has 0 aromatic heterocycles. The van der Waals surface area contributed by atoms with E-state index in [2.05, 4.69) is 79.3 Å². The molecule has 0 radical (unpaired) electrons. The van der Waals surface area contributed by atoms with Crippen LogP contribution in [0.5, 0.6) is 0 Å². The topological polar surface area (TPSA) is 92.7 Å². The average Bonchev–Trinajstić information content (AvgIpc) is 2.67. The van der Waals surface area contributed by atoms with E-state index in [9.17, 15) is 9.59 Å². The van der Waals surface area contributed by atoms with Crippen LogP contribution in [0.1, 0.15) is 125 Å². The smallest absolute Gasteiger partial charge is 0.249 e. The fourth-order valence-electron chi connectivity index (χ4n) is 7.06. The van der Waals surface area contributed by atoms with Crippen molar-refractivity contribution in [2.45, 2.75) is 115 Å². The van der Waals surface area contributed by atoms with Gasteiger partial charge in [0.2, 0.25) is 11.8 Å². The van der Waals surface area contributed by atoms with E-state index in [4.69, 9.17) is 11.5 Å². The third-order valence-electron chi connectivity index (χ3n) is 9.25. The van der Waals surface area contributed by atoms with Crippen LogP contribution in [-0.2, 0) is 0 Å². The molecule has 6 heteroatoms. The van der Waals surface area contributed by atoms with Crippen molar-refractivity contribution < 1.29 is 9.59 Å². The molecule has 1 aromatic carbocycles. The van der Waals surface area contributed by atoms with E-state index in [0.717, 1.165) is 36.8 Å². The molecule has 2 aliphatic heterocycles. The van der Waals surface area contributed by atoms with Gasteiger partial charge in [-0.25, -0.2) is 0 Å². The second-order valence-electron chi connectivity index (χ2n) is 13.3. The van der Waals surface area contributed by atoms with Crippen LogP contribution in [0.3, 0.4) is 0 Å². The van der Waals surface area contributed by atoms with E-state index in [1.54, 1.807) is 0 Å². The van der Waals surface area contributed by atoms with E-state index in [-0.39, 0.29) is 34.0 Å². The van der Waals surface area contributed by atoms with Gasteiger partial charge in [-0.15, -0.1) is 0 Å². The number of carbonyl (C=O) groups excluding carboxylic acids is 2. The Balaban J connectivity index is 2.24. The number of amides is 2. The summed E-state index contributed by atoms with van der Waals surface area (Å²) in [6, 6.07) is 3.78. The Morgan fingerprint density at radius 3 is 1.44 bits per heavy atom. The molecule has 6 nitrogen and oxygen atoms in total. The molecule has 0 atom stereocenters. The van der Waals surface area contributed by atoms with Gasteiger partial charge in [0.1, 0.15) is 0 Å². The van der Waals surface area contributed by atoms with Crippen molar-refractivity contribution in [1.82, 2.24) is 9.80 Å². The van der Waals surface area contributed by atoms with Gasteiger partial charge in [0, 0.05) is 33.3 Å². The summed E-state index contributed by atoms with van der Waals surface area (Å²) in [6.07, 6.45) is 3.46. The number of hydrogen-bond donors (Lipinski definition) is 2. The molecule has 4 N–H and O–H groups in total. The standard InChI is InChI=1S/C28H46N4O2/c1-25(2)13-17(14-26(3,4)31(25)9)19-11-12-20(23(29)33)21(22(19)24(30)34)18-15-27(5,6)32(10)28(7,8)16-18/h11-12,17-18H,13-16H2,1-10H3,(H2,29,33)(H2,30,34). The highest BCUT2D eigenvalue weighted by Crippen LogP contribution is 2.50. The van der Waals surface area contributed by atoms with E-state index in [0.29, 0.717) is 11.1 Å². The fraction of sp³-hybridized carbons (Fsp3) is 0.714. The Kier molecular flexibility index (Phi) is 6.54. The number of piperidine rings is 2. The van der Waals surface area contributed by atoms with Gasteiger partial charge in [-0.2, -0.15) is 0 Å². The second-order valence-corrected chi connectivity index (χ2v) is 13.3. The van der Waals surface area contributed by atoms with Gasteiger partial charge in [0.05, 0.1) is 0 Å². The molecule has 2 aliphatic rings. The molecular formula is C28H46N4O2. The lowest BCUT2D eigenvalue weighted by molar-refractivity contribution is -0.0139. The Hall–Kier alpha value is -1.92. The molecule has 2 heterocycles. The normalized spacial score (nSPS) is 25.2. The van der Waals surface area contributed by atoms with Crippen molar-refractivity contribution in [3.8, 4) is 0 Å². The van der Waals surface area contributed by atoms with E-state index >= 15 is 0 Å². The van der Waals surface area contributed by atoms with Gasteiger partial charge in [-0.3, -0.25) is 19.4 Å². The van der Waals surface area contributed by atoms with E-state index in [1.165, 1.54) is 0 Å². The fourth-order valence-corrected chi connectivity index (χ4v) is 7.06. The highest BCUT2D eigenvalue weighted by atomic mass is 16.1. The lowest BCUT2D eigenvalue weighted by atomic mass is 9.67. The van der Waals surface area contributed by atoms with Crippen LogP contribution in [-0.4, -0.2) is 57.9 Å². The van der Waals surface area contributed by atoms with Crippen LogP contribution in [0.4, 0.5) is 0 Å². The third kappa shape index (κ3) is 4.51. The largest absolute Gasteiger partial charge is 0.366 e. The quantitative estimate of drug-likeness (QED) is 0.672. The molecule has 3 rings (SSSR count). The predicted octanol–water partition coefficient (Wildman–Crippen LogP) is 4.62. The summed E-state index contributed by atoms with van der Waals surface area (Å²) < 4.78 is 0. The minimum atomic E-state index is -0.498. The summed E-state index contributed by atoms with van der Waals surface area (Å²) in [5.41, 5.74) is 14.4. The van der Waals surface area contributed by atoms with Gasteiger partial charge in [0.25, 0.3) is 0 Å². The van der Waals surface area contributed by atoms with Crippen molar-refractivity contribution in [1.29, 1.82) is 0 Å². The van der Waals surface area contributed by atoms with Gasteiger partial charge >= 0.3 is 0 Å². The molecular weight excluding hydrogens is 424 g/mol. The first-order valence-corrected chi connectivity index (χ1v) is 12.6. The zero-order valence-electron chi connectivity index (χ0n) is 23.0. The third-order valence-corrected chi connectivity index (χ3v) is 9.25. The van der Waals surface area contributed by atoms with Crippen LogP contribution in [0, 0.1) is 0 Å². The zero-order valence-corrected chi connectivity index (χ0v) is 23.0. The van der Waals surface area contributed by atoms with Gasteiger partial charge in [-0.1, -0.05) is 6.07 Å². The summed E-state index contributed by atoms with van der Waals surface area (Å²) in [5.74, 6) is -0.782. The van der Waals surface area contributed by atoms with Crippen LogP contribution < -0.4 is 11.5 Å². The molecule has 2 amide bonds. The summed E-state index contributed by atoms with van der Waals surface area (Å²) in [7, 11) is 4.33. The number of hydrogen-bond acceptors (Lipinski definition) is 4. The Morgan fingerprint density at radius 2 is 1.09 bits per heavy atom. The van der Waals surface area contributed by atoms with Gasteiger partial charge < -0.3 is 11.5 Å². The summed E-state index contributed by atoms with van der Waals surface area (Å²) >= 11 is 0. The molecule has 0 bridgehead atoms. The number of likely N-dealkylation sites (tertiary alicyclic amines) is 2. The molecule has 2 fully saturated rings. The maximum atomic E-state index is 13.1. The molecule has 0 spiro atoms. The molecule has 0 aliphatic carbocycles. The van der Waals surface area contributed by atoms with Crippen molar-refractivity contribution in [2.24, 2.45) is 11.5 Å². The first-order chi connectivity index (χ1) is 15.3. The minimum Gasteiger partial charge on any atom is -0.366 e. The molecule has 34 heavy (non-hydrogen) atoms. The summed E-state index contributed by atoms with van der Waals surface area (Å²) in [6.45, 7) is 17.9. The SMILES string of the molecule is CN1C(C)(C)CC(c2ccc(C(N)=O)c(C3CC(C)(C)N(C)C(C)(C)C3)c2C(N)=O)CC1(C)C. The molecule has 190 valence electrons. The zero-order chi connectivity index (χ0) is 26.0. The van der Waals surface area contributed by atoms with Crippen molar-refractivity contribution in [3.05, 3.63) is 34.4 Å². The maximum Gasteiger partial charge on any atom is 0.249 e. The van der Waals surface area contributed by atoms with Crippen LogP contribution in [0.2, 0.25) is 0 Å².